The van der Waals surface area contributed by atoms with Crippen molar-refractivity contribution < 1.29 is 14.3 Å². The highest BCUT2D eigenvalue weighted by Crippen LogP contribution is 2.29. The Morgan fingerprint density at radius 3 is 2.75 bits per heavy atom. The fraction of sp³-hybridized carbons (Fsp3) is 0.381. The van der Waals surface area contributed by atoms with Crippen molar-refractivity contribution in [2.75, 3.05) is 57.2 Å². The fourth-order valence-electron chi connectivity index (χ4n) is 3.21. The molecule has 1 aliphatic rings. The van der Waals surface area contributed by atoms with Crippen LogP contribution >= 0.6 is 11.6 Å². The van der Waals surface area contributed by atoms with Crippen molar-refractivity contribution in [1.29, 1.82) is 0 Å². The van der Waals surface area contributed by atoms with Crippen LogP contribution in [-0.2, 0) is 16.1 Å². The van der Waals surface area contributed by atoms with Gasteiger partial charge in [-0.2, -0.15) is 0 Å². The summed E-state index contributed by atoms with van der Waals surface area (Å²) in [5, 5.41) is 3.89. The molecule has 2 aromatic carbocycles. The lowest BCUT2D eigenvalue weighted by Gasteiger charge is -2.31. The van der Waals surface area contributed by atoms with Crippen molar-refractivity contribution in [3.8, 4) is 5.75 Å². The zero-order chi connectivity index (χ0) is 19.9. The first-order valence-electron chi connectivity index (χ1n) is 9.30. The van der Waals surface area contributed by atoms with Crippen molar-refractivity contribution >= 4 is 28.9 Å². The van der Waals surface area contributed by atoms with Crippen molar-refractivity contribution in [3.05, 3.63) is 53.1 Å². The minimum atomic E-state index is -0.0150. The van der Waals surface area contributed by atoms with Crippen LogP contribution < -0.4 is 15.0 Å². The van der Waals surface area contributed by atoms with E-state index in [1.54, 1.807) is 19.1 Å². The number of benzene rings is 2. The van der Waals surface area contributed by atoms with E-state index in [1.165, 1.54) is 0 Å². The Morgan fingerprint density at radius 2 is 2.00 bits per heavy atom. The van der Waals surface area contributed by atoms with E-state index in [1.807, 2.05) is 42.5 Å². The van der Waals surface area contributed by atoms with E-state index in [4.69, 9.17) is 21.1 Å². The number of ether oxygens (including phenoxy) is 2. The quantitative estimate of drug-likeness (QED) is 0.769. The number of morpholine rings is 1. The maximum atomic E-state index is 12.6. The number of nitrogens with one attached hydrogen (secondary N) is 1. The predicted molar refractivity (Wildman–Crippen MR) is 112 cm³/mol. The monoisotopic (exact) mass is 403 g/mol. The van der Waals surface area contributed by atoms with Gasteiger partial charge in [0.15, 0.2) is 0 Å². The maximum Gasteiger partial charge on any atom is 0.241 e. The van der Waals surface area contributed by atoms with Gasteiger partial charge in [0.25, 0.3) is 0 Å². The summed E-state index contributed by atoms with van der Waals surface area (Å²) in [5.74, 6) is 0.762. The van der Waals surface area contributed by atoms with E-state index in [0.29, 0.717) is 24.8 Å². The third kappa shape index (κ3) is 5.09. The molecule has 0 aromatic heterocycles. The Kier molecular flexibility index (Phi) is 7.01. The second kappa shape index (κ2) is 9.66. The highest BCUT2D eigenvalue weighted by Gasteiger charge is 2.17. The number of hydrogen-bond acceptors (Lipinski definition) is 5. The van der Waals surface area contributed by atoms with E-state index in [0.717, 1.165) is 35.8 Å². The largest absolute Gasteiger partial charge is 0.496 e. The molecule has 0 atom stereocenters. The number of carbonyl (C=O) groups is 1. The normalized spacial score (nSPS) is 13.9. The van der Waals surface area contributed by atoms with Crippen molar-refractivity contribution in [2.45, 2.75) is 6.54 Å². The molecule has 28 heavy (non-hydrogen) atoms. The smallest absolute Gasteiger partial charge is 0.241 e. The number of halogens is 1. The Bertz CT molecular complexity index is 809. The van der Waals surface area contributed by atoms with E-state index < -0.39 is 0 Å². The van der Waals surface area contributed by atoms with Gasteiger partial charge in [-0.05, 0) is 24.3 Å². The number of carbonyl (C=O) groups excluding carboxylic acids is 1. The molecule has 0 aliphatic carbocycles. The summed E-state index contributed by atoms with van der Waals surface area (Å²) >= 11 is 6.18. The SMILES string of the molecule is COc1ccccc1CN(C)C(=O)CNc1cc(Cl)ccc1N1CCOCC1. The van der Waals surface area contributed by atoms with Crippen LogP contribution in [0.4, 0.5) is 11.4 Å². The molecule has 2 aromatic rings. The van der Waals surface area contributed by atoms with Crippen molar-refractivity contribution in [3.63, 3.8) is 0 Å². The first kappa shape index (κ1) is 20.3. The van der Waals surface area contributed by atoms with Gasteiger partial charge >= 0.3 is 0 Å². The Balaban J connectivity index is 1.64. The van der Waals surface area contributed by atoms with Crippen LogP contribution in [0.25, 0.3) is 0 Å². The Labute approximate surface area is 171 Å². The number of para-hydroxylation sites is 1. The van der Waals surface area contributed by atoms with Gasteiger partial charge in [-0.25, -0.2) is 0 Å². The van der Waals surface area contributed by atoms with Crippen LogP contribution in [0, 0.1) is 0 Å². The molecule has 1 saturated heterocycles. The topological polar surface area (TPSA) is 54.0 Å². The van der Waals surface area contributed by atoms with Gasteiger partial charge in [0.1, 0.15) is 5.75 Å². The van der Waals surface area contributed by atoms with Crippen LogP contribution in [0.2, 0.25) is 5.02 Å². The van der Waals surface area contributed by atoms with E-state index >= 15 is 0 Å². The van der Waals surface area contributed by atoms with Crippen LogP contribution in [0.5, 0.6) is 5.75 Å². The number of rotatable bonds is 7. The molecule has 1 amide bonds. The van der Waals surface area contributed by atoms with Crippen molar-refractivity contribution in [2.24, 2.45) is 0 Å². The molecular weight excluding hydrogens is 378 g/mol. The Hall–Kier alpha value is -2.44. The van der Waals surface area contributed by atoms with Crippen LogP contribution in [0.3, 0.4) is 0 Å². The van der Waals surface area contributed by atoms with Crippen LogP contribution in [0.1, 0.15) is 5.56 Å². The minimum absolute atomic E-state index is 0.0150. The zero-order valence-electron chi connectivity index (χ0n) is 16.3. The summed E-state index contributed by atoms with van der Waals surface area (Å²) in [5.41, 5.74) is 2.86. The van der Waals surface area contributed by atoms with E-state index in [-0.39, 0.29) is 12.5 Å². The second-order valence-electron chi connectivity index (χ2n) is 6.68. The molecule has 0 saturated carbocycles. The third-order valence-electron chi connectivity index (χ3n) is 4.77. The van der Waals surface area contributed by atoms with Gasteiger partial charge in [0.05, 0.1) is 38.2 Å². The number of likely N-dealkylation sites (N-methyl/N-ethyl adjacent to an activating group) is 1. The first-order valence-corrected chi connectivity index (χ1v) is 9.68. The van der Waals surface area contributed by atoms with Crippen molar-refractivity contribution in [1.82, 2.24) is 4.90 Å². The van der Waals surface area contributed by atoms with Gasteiger partial charge in [-0.1, -0.05) is 29.8 Å². The maximum absolute atomic E-state index is 12.6. The zero-order valence-corrected chi connectivity index (χ0v) is 17.0. The van der Waals surface area contributed by atoms with Gasteiger partial charge < -0.3 is 24.6 Å². The number of amides is 1. The average molecular weight is 404 g/mol. The molecule has 0 spiro atoms. The molecule has 7 heteroatoms. The lowest BCUT2D eigenvalue weighted by atomic mass is 10.2. The minimum Gasteiger partial charge on any atom is -0.496 e. The second-order valence-corrected chi connectivity index (χ2v) is 7.11. The molecule has 1 fully saturated rings. The number of hydrogen-bond donors (Lipinski definition) is 1. The van der Waals surface area contributed by atoms with Gasteiger partial charge in [-0.3, -0.25) is 4.79 Å². The Morgan fingerprint density at radius 1 is 1.25 bits per heavy atom. The molecule has 1 aliphatic heterocycles. The number of nitrogens with zero attached hydrogens (tertiary/aromatic N) is 2. The van der Waals surface area contributed by atoms with Crippen LogP contribution in [-0.4, -0.2) is 57.8 Å². The standard InChI is InChI=1S/C21H26ClN3O3/c1-24(15-16-5-3-4-6-20(16)27-2)21(26)14-23-18-13-17(22)7-8-19(18)25-9-11-28-12-10-25/h3-8,13,23H,9-12,14-15H2,1-2H3. The summed E-state index contributed by atoms with van der Waals surface area (Å²) in [7, 11) is 3.42. The molecule has 6 nitrogen and oxygen atoms in total. The molecule has 0 bridgehead atoms. The predicted octanol–water partition coefficient (Wildman–Crippen LogP) is 3.26. The average Bonchev–Trinajstić information content (AvgIpc) is 2.73. The molecule has 150 valence electrons. The fourth-order valence-corrected chi connectivity index (χ4v) is 3.39. The van der Waals surface area contributed by atoms with Crippen LogP contribution in [0.15, 0.2) is 42.5 Å². The third-order valence-corrected chi connectivity index (χ3v) is 5.00. The molecule has 1 heterocycles. The number of methoxy groups -OCH3 is 1. The van der Waals surface area contributed by atoms with E-state index in [9.17, 15) is 4.79 Å². The molecule has 3 rings (SSSR count). The summed E-state index contributed by atoms with van der Waals surface area (Å²) in [6.07, 6.45) is 0. The van der Waals surface area contributed by atoms with E-state index in [2.05, 4.69) is 10.2 Å². The molecule has 0 radical (unpaired) electrons. The summed E-state index contributed by atoms with van der Waals surface area (Å²) < 4.78 is 10.8. The summed E-state index contributed by atoms with van der Waals surface area (Å²) in [6.45, 7) is 3.70. The van der Waals surface area contributed by atoms with Gasteiger partial charge in [-0.15, -0.1) is 0 Å². The lowest BCUT2D eigenvalue weighted by Crippen LogP contribution is -2.37. The number of anilines is 2. The summed E-state index contributed by atoms with van der Waals surface area (Å²) in [6, 6.07) is 13.4. The summed E-state index contributed by atoms with van der Waals surface area (Å²) in [4.78, 5) is 16.6. The van der Waals surface area contributed by atoms with Gasteiger partial charge in [0, 0.05) is 37.3 Å². The van der Waals surface area contributed by atoms with Gasteiger partial charge in [0.2, 0.25) is 5.91 Å². The molecular formula is C21H26ClN3O3. The first-order chi connectivity index (χ1) is 13.6. The highest BCUT2D eigenvalue weighted by atomic mass is 35.5. The molecule has 0 unspecified atom stereocenters. The lowest BCUT2D eigenvalue weighted by molar-refractivity contribution is -0.128. The highest BCUT2D eigenvalue weighted by molar-refractivity contribution is 6.31. The molecule has 1 N–H and O–H groups in total.